The van der Waals surface area contributed by atoms with E-state index in [4.69, 9.17) is 16.2 Å². The highest BCUT2D eigenvalue weighted by molar-refractivity contribution is 5.89. The van der Waals surface area contributed by atoms with Gasteiger partial charge in [0.25, 0.3) is 0 Å². The van der Waals surface area contributed by atoms with Crippen LogP contribution in [-0.2, 0) is 4.74 Å². The van der Waals surface area contributed by atoms with Crippen LogP contribution in [0.4, 0.5) is 0 Å². The van der Waals surface area contributed by atoms with E-state index in [2.05, 4.69) is 52.1 Å². The van der Waals surface area contributed by atoms with Crippen molar-refractivity contribution in [1.29, 1.82) is 0 Å². The third-order valence-corrected chi connectivity index (χ3v) is 15.1. The van der Waals surface area contributed by atoms with Crippen LogP contribution in [-0.4, -0.2) is 35.2 Å². The van der Waals surface area contributed by atoms with E-state index in [9.17, 15) is 4.79 Å². The average molecular weight is 548 g/mol. The maximum Gasteiger partial charge on any atom is 0.337 e. The third-order valence-electron chi connectivity index (χ3n) is 15.1. The number of methoxy groups -OCH3 is 1. The Bertz CT molecular complexity index is 1220. The van der Waals surface area contributed by atoms with Gasteiger partial charge in [-0.1, -0.05) is 39.8 Å². The lowest BCUT2D eigenvalue weighted by Crippen LogP contribution is -2.75. The molecule has 5 nitrogen and oxygen atoms in total. The number of nitrogens with one attached hydrogen (secondary N) is 1. The molecule has 5 aliphatic carbocycles. The van der Waals surface area contributed by atoms with Crippen molar-refractivity contribution in [2.75, 3.05) is 7.11 Å². The van der Waals surface area contributed by atoms with Gasteiger partial charge in [-0.15, -0.1) is 0 Å². The molecular weight excluding hydrogens is 494 g/mol. The Hall–Kier alpha value is -1.43. The molecule has 1 unspecified atom stereocenters. The van der Waals surface area contributed by atoms with Crippen molar-refractivity contribution in [3.63, 3.8) is 0 Å². The van der Waals surface area contributed by atoms with Crippen molar-refractivity contribution in [1.82, 2.24) is 5.32 Å². The standard InChI is InChI=1S/C35H53N3O2/c1-21(2)24-13-16-33(36)18-19-34(37)26(28(24)33)11-12-27-30(34,3)17-20-35-31(27,4)15-14-25(32(35,5)38-35)22-7-9-23(10-8-22)29(39)40-6/h7-10,21,24-28,38H,11-20,36-37H2,1-6H3/t24-,25+,26+,27-,28+,30+,31+,32?,33-,34-,35-/m0/s1. The van der Waals surface area contributed by atoms with Gasteiger partial charge >= 0.3 is 5.97 Å². The van der Waals surface area contributed by atoms with Crippen molar-refractivity contribution >= 4 is 5.97 Å². The molecule has 5 heteroatoms. The normalized spacial score (nSPS) is 52.6. The zero-order valence-electron chi connectivity index (χ0n) is 25.8. The number of carbonyl (C=O) groups excluding carboxylic acids is 1. The van der Waals surface area contributed by atoms with E-state index in [1.54, 1.807) is 0 Å². The lowest BCUT2D eigenvalue weighted by atomic mass is 9.35. The minimum atomic E-state index is -0.264. The van der Waals surface area contributed by atoms with Gasteiger partial charge < -0.3 is 21.5 Å². The highest BCUT2D eigenvalue weighted by atomic mass is 16.5. The Morgan fingerprint density at radius 1 is 0.900 bits per heavy atom. The van der Waals surface area contributed by atoms with E-state index in [0.717, 1.165) is 18.8 Å². The number of nitrogens with two attached hydrogens (primary N) is 2. The van der Waals surface area contributed by atoms with Gasteiger partial charge in [0.05, 0.1) is 12.7 Å². The summed E-state index contributed by atoms with van der Waals surface area (Å²) in [6.45, 7) is 12.6. The number of carbonyl (C=O) groups is 1. The molecular formula is C35H53N3O2. The molecule has 6 fully saturated rings. The number of esters is 1. The van der Waals surface area contributed by atoms with Gasteiger partial charge in [-0.25, -0.2) is 4.79 Å². The van der Waals surface area contributed by atoms with E-state index in [0.29, 0.717) is 35.2 Å². The molecule has 0 amide bonds. The van der Waals surface area contributed by atoms with Crippen LogP contribution in [0.1, 0.15) is 121 Å². The van der Waals surface area contributed by atoms with Crippen molar-refractivity contribution in [2.24, 2.45) is 51.9 Å². The highest BCUT2D eigenvalue weighted by Crippen LogP contribution is 2.77. The molecule has 0 aromatic heterocycles. The molecule has 0 bridgehead atoms. The Morgan fingerprint density at radius 2 is 1.62 bits per heavy atom. The molecule has 0 radical (unpaired) electrons. The van der Waals surface area contributed by atoms with Crippen LogP contribution in [0.25, 0.3) is 0 Å². The number of hydrogen-bond donors (Lipinski definition) is 3. The zero-order valence-corrected chi connectivity index (χ0v) is 25.8. The number of rotatable bonds is 3. The summed E-state index contributed by atoms with van der Waals surface area (Å²) in [6.07, 6.45) is 12.1. The number of fused-ring (bicyclic) bond motifs is 6. The van der Waals surface area contributed by atoms with Gasteiger partial charge in [0, 0.05) is 28.1 Å². The Morgan fingerprint density at radius 3 is 2.30 bits per heavy atom. The molecule has 7 rings (SSSR count). The van der Waals surface area contributed by atoms with Crippen LogP contribution in [0, 0.1) is 40.4 Å². The first kappa shape index (κ1) is 27.4. The molecule has 6 aliphatic rings. The largest absolute Gasteiger partial charge is 0.465 e. The smallest absolute Gasteiger partial charge is 0.337 e. The second-order valence-corrected chi connectivity index (χ2v) is 16.3. The molecule has 1 spiro atoms. The first-order valence-electron chi connectivity index (χ1n) is 16.4. The summed E-state index contributed by atoms with van der Waals surface area (Å²) >= 11 is 0. The second kappa shape index (κ2) is 8.35. The minimum absolute atomic E-state index is 0.00353. The van der Waals surface area contributed by atoms with Crippen LogP contribution in [0.5, 0.6) is 0 Å². The van der Waals surface area contributed by atoms with E-state index < -0.39 is 0 Å². The fourth-order valence-corrected chi connectivity index (χ4v) is 12.9. The number of benzene rings is 1. The molecule has 40 heavy (non-hydrogen) atoms. The van der Waals surface area contributed by atoms with Crippen LogP contribution >= 0.6 is 0 Å². The molecule has 5 N–H and O–H groups in total. The number of ether oxygens (including phenoxy) is 1. The fourth-order valence-electron chi connectivity index (χ4n) is 12.9. The Labute approximate surface area is 241 Å². The SMILES string of the molecule is COC(=O)c1ccc([C@H]2CC[C@]3(C)[C@H]4CC[C@@H]5[C@H]6[C@H](C(C)C)CC[C@]6(N)CC[C@@]5(N)[C@]4(C)CC[C@]34NC24C)cc1. The maximum absolute atomic E-state index is 12.0. The van der Waals surface area contributed by atoms with Gasteiger partial charge in [-0.3, -0.25) is 0 Å². The minimum Gasteiger partial charge on any atom is -0.465 e. The summed E-state index contributed by atoms with van der Waals surface area (Å²) in [7, 11) is 1.45. The van der Waals surface area contributed by atoms with Crippen molar-refractivity contribution in [3.8, 4) is 0 Å². The molecule has 1 heterocycles. The average Bonchev–Trinajstić information content (AvgIpc) is 3.41. The van der Waals surface area contributed by atoms with Gasteiger partial charge in [0.1, 0.15) is 0 Å². The highest BCUT2D eigenvalue weighted by Gasteiger charge is 2.82. The van der Waals surface area contributed by atoms with Gasteiger partial charge in [0.2, 0.25) is 0 Å². The summed E-state index contributed by atoms with van der Waals surface area (Å²) < 4.78 is 4.94. The Kier molecular flexibility index (Phi) is 5.72. The molecule has 1 saturated heterocycles. The quantitative estimate of drug-likeness (QED) is 0.311. The molecule has 1 aliphatic heterocycles. The first-order chi connectivity index (χ1) is 18.8. The van der Waals surface area contributed by atoms with E-state index in [1.807, 2.05) is 12.1 Å². The van der Waals surface area contributed by atoms with Gasteiger partial charge in [-0.05, 0) is 129 Å². The van der Waals surface area contributed by atoms with E-state index >= 15 is 0 Å². The number of hydrogen-bond acceptors (Lipinski definition) is 5. The third kappa shape index (κ3) is 3.08. The van der Waals surface area contributed by atoms with Crippen LogP contribution in [0.15, 0.2) is 24.3 Å². The van der Waals surface area contributed by atoms with Crippen molar-refractivity contribution < 1.29 is 9.53 Å². The van der Waals surface area contributed by atoms with Crippen LogP contribution < -0.4 is 16.8 Å². The van der Waals surface area contributed by atoms with Gasteiger partial charge in [0.15, 0.2) is 0 Å². The summed E-state index contributed by atoms with van der Waals surface area (Å²) in [6, 6.07) is 8.22. The van der Waals surface area contributed by atoms with E-state index in [1.165, 1.54) is 64.0 Å². The molecule has 5 saturated carbocycles. The van der Waals surface area contributed by atoms with E-state index in [-0.39, 0.29) is 39.0 Å². The first-order valence-corrected chi connectivity index (χ1v) is 16.4. The maximum atomic E-state index is 12.0. The summed E-state index contributed by atoms with van der Waals surface area (Å²) in [4.78, 5) is 12.0. The van der Waals surface area contributed by atoms with Crippen LogP contribution in [0.3, 0.4) is 0 Å². The monoisotopic (exact) mass is 547 g/mol. The molecule has 1 aromatic rings. The van der Waals surface area contributed by atoms with Crippen molar-refractivity contribution in [3.05, 3.63) is 35.4 Å². The summed E-state index contributed by atoms with van der Waals surface area (Å²) in [5.41, 5.74) is 17.6. The second-order valence-electron chi connectivity index (χ2n) is 16.3. The van der Waals surface area contributed by atoms with Crippen molar-refractivity contribution in [2.45, 2.75) is 127 Å². The lowest BCUT2D eigenvalue weighted by molar-refractivity contribution is -0.176. The Balaban J connectivity index is 1.20. The molecule has 220 valence electrons. The topological polar surface area (TPSA) is 100 Å². The molecule has 1 aromatic carbocycles. The summed E-state index contributed by atoms with van der Waals surface area (Å²) in [5.74, 6) is 3.37. The van der Waals surface area contributed by atoms with Crippen LogP contribution in [0.2, 0.25) is 0 Å². The molecule has 11 atom stereocenters. The predicted molar refractivity (Wildman–Crippen MR) is 160 cm³/mol. The fraction of sp³-hybridized carbons (Fsp3) is 0.800. The summed E-state index contributed by atoms with van der Waals surface area (Å²) in [5, 5.41) is 4.21. The lowest BCUT2D eigenvalue weighted by Gasteiger charge is -2.71. The predicted octanol–water partition coefficient (Wildman–Crippen LogP) is 6.15. The van der Waals surface area contributed by atoms with Gasteiger partial charge in [-0.2, -0.15) is 0 Å². The zero-order chi connectivity index (χ0) is 28.5.